The molecular weight excluding hydrogens is 599 g/mol. The van der Waals surface area contributed by atoms with Crippen LogP contribution in [0.25, 0.3) is 11.3 Å². The van der Waals surface area contributed by atoms with Crippen LogP contribution in [-0.2, 0) is 0 Å². The van der Waals surface area contributed by atoms with Gasteiger partial charge in [0, 0.05) is 30.0 Å². The van der Waals surface area contributed by atoms with Gasteiger partial charge < -0.3 is 0 Å². The summed E-state index contributed by atoms with van der Waals surface area (Å²) < 4.78 is 0. The minimum absolute atomic E-state index is 0.810. The number of aromatic nitrogens is 2. The van der Waals surface area contributed by atoms with Gasteiger partial charge in [-0.2, -0.15) is 0 Å². The average Bonchev–Trinajstić information content (AvgIpc) is 3.05. The average molecular weight is 626 g/mol. The molecule has 3 heterocycles. The van der Waals surface area contributed by atoms with Gasteiger partial charge in [0.25, 0.3) is 0 Å². The lowest BCUT2D eigenvalue weighted by Gasteiger charge is -2.36. The third-order valence-electron chi connectivity index (χ3n) is 8.10. The zero-order chi connectivity index (χ0) is 29.0. The highest BCUT2D eigenvalue weighted by Crippen LogP contribution is 2.54. The first-order valence-corrected chi connectivity index (χ1v) is 19.7. The summed E-state index contributed by atoms with van der Waals surface area (Å²) in [4.78, 5) is 20.1. The van der Waals surface area contributed by atoms with E-state index in [-0.39, 0.29) is 0 Å². The van der Waals surface area contributed by atoms with E-state index in [1.54, 1.807) is 0 Å². The highest BCUT2D eigenvalue weighted by Gasteiger charge is 2.37. The normalized spacial score (nSPS) is 14.2. The minimum atomic E-state index is -1.93. The van der Waals surface area contributed by atoms with Gasteiger partial charge in [0.15, 0.2) is 5.82 Å². The van der Waals surface area contributed by atoms with Gasteiger partial charge in [0.05, 0.1) is 34.4 Å². The molecule has 0 saturated heterocycles. The molecular formula is C36H27N3S3Si. The van der Waals surface area contributed by atoms with Crippen LogP contribution in [0.15, 0.2) is 157 Å². The highest BCUT2D eigenvalue weighted by molar-refractivity contribution is 8.05. The summed E-state index contributed by atoms with van der Waals surface area (Å²) >= 11 is 5.57. The molecule has 208 valence electrons. The molecule has 0 bridgehead atoms. The largest absolute Gasteiger partial charge is 0.291 e. The van der Waals surface area contributed by atoms with Gasteiger partial charge in [0.1, 0.15) is 8.07 Å². The molecule has 1 aromatic heterocycles. The van der Waals surface area contributed by atoms with Gasteiger partial charge in [-0.3, -0.25) is 9.88 Å². The lowest BCUT2D eigenvalue weighted by Crippen LogP contribution is -2.56. The van der Waals surface area contributed by atoms with Gasteiger partial charge in [-0.1, -0.05) is 127 Å². The van der Waals surface area contributed by atoms with Gasteiger partial charge in [-0.05, 0) is 46.8 Å². The Labute approximate surface area is 265 Å². The quantitative estimate of drug-likeness (QED) is 0.181. The Morgan fingerprint density at radius 3 is 1.88 bits per heavy atom. The van der Waals surface area contributed by atoms with Crippen molar-refractivity contribution >= 4 is 70.9 Å². The summed E-state index contributed by atoms with van der Waals surface area (Å²) in [5, 5.41) is 2.97. The molecule has 0 fully saturated rings. The molecule has 5 aromatic carbocycles. The molecule has 3 nitrogen and oxygen atoms in total. The van der Waals surface area contributed by atoms with Gasteiger partial charge in [-0.25, -0.2) is 4.98 Å². The summed E-state index contributed by atoms with van der Waals surface area (Å²) in [5.74, 6) is 0.810. The van der Waals surface area contributed by atoms with Crippen LogP contribution in [0.2, 0.25) is 13.1 Å². The molecule has 0 amide bonds. The van der Waals surface area contributed by atoms with Crippen LogP contribution in [-0.4, -0.2) is 18.0 Å². The maximum atomic E-state index is 5.08. The Balaban J connectivity index is 1.33. The molecule has 2 aliphatic rings. The Hall–Kier alpha value is -3.75. The van der Waals surface area contributed by atoms with Gasteiger partial charge in [-0.15, -0.1) is 0 Å². The first-order valence-electron chi connectivity index (χ1n) is 14.2. The van der Waals surface area contributed by atoms with Crippen molar-refractivity contribution in [3.8, 4) is 11.3 Å². The molecule has 0 spiro atoms. The van der Waals surface area contributed by atoms with Crippen molar-refractivity contribution in [2.45, 2.75) is 42.5 Å². The van der Waals surface area contributed by atoms with E-state index in [9.17, 15) is 0 Å². The van der Waals surface area contributed by atoms with E-state index in [2.05, 4.69) is 115 Å². The predicted molar refractivity (Wildman–Crippen MR) is 184 cm³/mol. The van der Waals surface area contributed by atoms with Crippen LogP contribution >= 0.6 is 35.3 Å². The summed E-state index contributed by atoms with van der Waals surface area (Å²) in [7, 11) is -1.93. The number of hydrogen-bond donors (Lipinski definition) is 0. The number of hydrogen-bond acceptors (Lipinski definition) is 6. The van der Waals surface area contributed by atoms with E-state index in [4.69, 9.17) is 9.97 Å². The van der Waals surface area contributed by atoms with E-state index in [0.717, 1.165) is 28.5 Å². The number of benzene rings is 5. The monoisotopic (exact) mass is 625 g/mol. The van der Waals surface area contributed by atoms with Crippen molar-refractivity contribution in [1.29, 1.82) is 0 Å². The second kappa shape index (κ2) is 10.8. The number of anilines is 3. The van der Waals surface area contributed by atoms with E-state index in [1.165, 1.54) is 39.7 Å². The Kier molecular flexibility index (Phi) is 6.71. The predicted octanol–water partition coefficient (Wildman–Crippen LogP) is 9.52. The molecule has 43 heavy (non-hydrogen) atoms. The summed E-state index contributed by atoms with van der Waals surface area (Å²) in [6.07, 6.45) is 3.83. The topological polar surface area (TPSA) is 29.0 Å². The van der Waals surface area contributed by atoms with Crippen LogP contribution in [0.5, 0.6) is 0 Å². The number of rotatable bonds is 4. The summed E-state index contributed by atoms with van der Waals surface area (Å²) in [5.41, 5.74) is 4.20. The van der Waals surface area contributed by atoms with Crippen molar-refractivity contribution in [2.75, 3.05) is 4.90 Å². The second-order valence-electron chi connectivity index (χ2n) is 11.1. The zero-order valence-corrected chi connectivity index (χ0v) is 27.1. The van der Waals surface area contributed by atoms with Crippen LogP contribution in [0.1, 0.15) is 0 Å². The molecule has 6 aromatic rings. The van der Waals surface area contributed by atoms with Crippen LogP contribution < -0.4 is 15.3 Å². The first kappa shape index (κ1) is 26.8. The van der Waals surface area contributed by atoms with Crippen molar-refractivity contribution in [3.63, 3.8) is 0 Å². The van der Waals surface area contributed by atoms with Crippen molar-refractivity contribution in [2.24, 2.45) is 0 Å². The smallest absolute Gasteiger partial charge is 0.156 e. The fourth-order valence-electron chi connectivity index (χ4n) is 5.91. The lowest BCUT2D eigenvalue weighted by molar-refractivity contribution is 1.07. The van der Waals surface area contributed by atoms with Crippen LogP contribution in [0.4, 0.5) is 17.2 Å². The maximum absolute atomic E-state index is 5.08. The second-order valence-corrected chi connectivity index (χ2v) is 18.6. The fourth-order valence-corrected chi connectivity index (χ4v) is 13.8. The molecule has 8 rings (SSSR count). The summed E-state index contributed by atoms with van der Waals surface area (Å²) in [6, 6.07) is 41.3. The summed E-state index contributed by atoms with van der Waals surface area (Å²) in [6.45, 7) is 4.95. The van der Waals surface area contributed by atoms with Crippen molar-refractivity contribution in [1.82, 2.24) is 9.97 Å². The highest BCUT2D eigenvalue weighted by atomic mass is 32.2. The van der Waals surface area contributed by atoms with Crippen LogP contribution in [0, 0.1) is 0 Å². The third-order valence-corrected chi connectivity index (χ3v) is 15.8. The molecule has 0 N–H and O–H groups in total. The van der Waals surface area contributed by atoms with Gasteiger partial charge in [0.2, 0.25) is 0 Å². The SMILES string of the molecule is C[Si]1(C)c2ccccc2Sc2c(N(c3cnc(-c4ccccc4)cn3)c3cccc4c3Sc3ccccc3S4)cccc21. The fraction of sp³-hybridized carbons (Fsp3) is 0.0556. The molecule has 7 heteroatoms. The van der Waals surface area contributed by atoms with E-state index < -0.39 is 8.07 Å². The van der Waals surface area contributed by atoms with Crippen molar-refractivity contribution in [3.05, 3.63) is 128 Å². The van der Waals surface area contributed by atoms with Crippen molar-refractivity contribution < 1.29 is 0 Å². The maximum Gasteiger partial charge on any atom is 0.156 e. The number of fused-ring (bicyclic) bond motifs is 4. The Bertz CT molecular complexity index is 1990. The lowest BCUT2D eigenvalue weighted by atomic mass is 10.2. The molecule has 0 aliphatic carbocycles. The zero-order valence-electron chi connectivity index (χ0n) is 23.7. The minimum Gasteiger partial charge on any atom is -0.291 e. The molecule has 0 unspecified atom stereocenters. The molecule has 0 saturated carbocycles. The Morgan fingerprint density at radius 1 is 0.512 bits per heavy atom. The molecule has 2 aliphatic heterocycles. The standard InChI is InChI=1S/C36H27N3S3Si/c1-43(2)32-20-9-8-18-30(32)42-36-27(15-11-21-33(36)43)39(34-23-37-25(22-38-34)24-12-4-3-5-13-24)26-14-10-19-31-35(26)41-29-17-7-6-16-28(29)40-31/h3-23H,1-2H3. The van der Waals surface area contributed by atoms with E-state index in [1.807, 2.05) is 65.9 Å². The first-order chi connectivity index (χ1) is 21.1. The molecule has 0 atom stereocenters. The van der Waals surface area contributed by atoms with Gasteiger partial charge >= 0.3 is 0 Å². The van der Waals surface area contributed by atoms with E-state index >= 15 is 0 Å². The van der Waals surface area contributed by atoms with Crippen LogP contribution in [0.3, 0.4) is 0 Å². The van der Waals surface area contributed by atoms with E-state index in [0.29, 0.717) is 0 Å². The Morgan fingerprint density at radius 2 is 1.12 bits per heavy atom. The third kappa shape index (κ3) is 4.62. The molecule has 0 radical (unpaired) electrons. The number of nitrogens with zero attached hydrogens (tertiary/aromatic N) is 3.